The lowest BCUT2D eigenvalue weighted by Gasteiger charge is -2.16. The largest absolute Gasteiger partial charge is 0.508 e. The molecule has 0 amide bonds. The number of aromatic hydroxyl groups is 1. The van der Waals surface area contributed by atoms with Crippen molar-refractivity contribution in [1.29, 1.82) is 0 Å². The van der Waals surface area contributed by atoms with Gasteiger partial charge in [0.15, 0.2) is 0 Å². The van der Waals surface area contributed by atoms with Crippen LogP contribution in [-0.2, 0) is 0 Å². The molecule has 150 valence electrons. The van der Waals surface area contributed by atoms with E-state index in [1.165, 1.54) is 0 Å². The van der Waals surface area contributed by atoms with Crippen LogP contribution in [-0.4, -0.2) is 37.3 Å². The number of likely N-dealkylation sites (N-methyl/N-ethyl adjacent to an activating group) is 1. The van der Waals surface area contributed by atoms with Gasteiger partial charge in [-0.05, 0) is 85.3 Å². The van der Waals surface area contributed by atoms with Crippen LogP contribution in [0.5, 0.6) is 11.5 Å². The second kappa shape index (κ2) is 9.64. The number of phenolic OH excluding ortho intramolecular Hbond substituents is 1. The summed E-state index contributed by atoms with van der Waals surface area (Å²) in [6.45, 7) is 3.62. The summed E-state index contributed by atoms with van der Waals surface area (Å²) < 4.78 is 5.83. The summed E-state index contributed by atoms with van der Waals surface area (Å²) in [5, 5.41) is 10.4. The maximum Gasteiger partial charge on any atom is 0.119 e. The molecule has 0 aliphatic carbocycles. The summed E-state index contributed by atoms with van der Waals surface area (Å²) in [6, 6.07) is 23.3. The standard InChI is InChI=1S/C25H26ClNO2/c1-18(19-4-10-22(26)11-5-19)25(20-6-12-23(28)13-7-20)21-8-14-24(15-9-21)29-17-16-27(2)3/h4-15,28H,16-17H2,1-3H3/b25-18+. The number of phenols is 1. The van der Waals surface area contributed by atoms with Gasteiger partial charge in [0.1, 0.15) is 18.1 Å². The highest BCUT2D eigenvalue weighted by atomic mass is 35.5. The minimum Gasteiger partial charge on any atom is -0.508 e. The van der Waals surface area contributed by atoms with Gasteiger partial charge in [0, 0.05) is 11.6 Å². The van der Waals surface area contributed by atoms with E-state index >= 15 is 0 Å². The Kier molecular flexibility index (Phi) is 6.97. The Bertz CT molecular complexity index is 959. The lowest BCUT2D eigenvalue weighted by atomic mass is 9.90. The van der Waals surface area contributed by atoms with Crippen LogP contribution in [0.3, 0.4) is 0 Å². The normalized spacial score (nSPS) is 12.0. The van der Waals surface area contributed by atoms with Gasteiger partial charge in [0.2, 0.25) is 0 Å². The number of hydrogen-bond donors (Lipinski definition) is 1. The fraction of sp³-hybridized carbons (Fsp3) is 0.200. The third-order valence-electron chi connectivity index (χ3n) is 4.76. The molecule has 3 rings (SSSR count). The number of hydrogen-bond acceptors (Lipinski definition) is 3. The molecule has 0 spiro atoms. The van der Waals surface area contributed by atoms with Gasteiger partial charge in [-0.15, -0.1) is 0 Å². The Hall–Kier alpha value is -2.75. The summed E-state index contributed by atoms with van der Waals surface area (Å²) in [6.07, 6.45) is 0. The predicted octanol–water partition coefficient (Wildman–Crippen LogP) is 5.97. The van der Waals surface area contributed by atoms with Crippen molar-refractivity contribution in [3.8, 4) is 11.5 Å². The van der Waals surface area contributed by atoms with Crippen LogP contribution in [0, 0.1) is 0 Å². The fourth-order valence-electron chi connectivity index (χ4n) is 3.14. The van der Waals surface area contributed by atoms with Crippen LogP contribution in [0.1, 0.15) is 23.6 Å². The molecule has 0 aromatic heterocycles. The summed E-state index contributed by atoms with van der Waals surface area (Å²) >= 11 is 6.07. The van der Waals surface area contributed by atoms with Crippen molar-refractivity contribution in [3.63, 3.8) is 0 Å². The average molecular weight is 408 g/mol. The van der Waals surface area contributed by atoms with Crippen molar-refractivity contribution >= 4 is 22.7 Å². The van der Waals surface area contributed by atoms with Crippen LogP contribution in [0.4, 0.5) is 0 Å². The summed E-state index contributed by atoms with van der Waals surface area (Å²) in [5.41, 5.74) is 5.46. The van der Waals surface area contributed by atoms with Crippen LogP contribution in [0.25, 0.3) is 11.1 Å². The van der Waals surface area contributed by atoms with Gasteiger partial charge in [-0.1, -0.05) is 48.0 Å². The molecule has 0 radical (unpaired) electrons. The number of nitrogens with zero attached hydrogens (tertiary/aromatic N) is 1. The van der Waals surface area contributed by atoms with Gasteiger partial charge in [-0.2, -0.15) is 0 Å². The monoisotopic (exact) mass is 407 g/mol. The van der Waals surface area contributed by atoms with Crippen molar-refractivity contribution in [1.82, 2.24) is 4.90 Å². The molecule has 0 aliphatic heterocycles. The number of halogens is 1. The first-order valence-corrected chi connectivity index (χ1v) is 9.96. The number of allylic oxidation sites excluding steroid dienone is 1. The molecule has 0 saturated heterocycles. The zero-order valence-electron chi connectivity index (χ0n) is 17.0. The van der Waals surface area contributed by atoms with Gasteiger partial charge in [0.25, 0.3) is 0 Å². The van der Waals surface area contributed by atoms with Gasteiger partial charge in [0.05, 0.1) is 0 Å². The first-order valence-electron chi connectivity index (χ1n) is 9.58. The molecular formula is C25H26ClNO2. The maximum atomic E-state index is 9.70. The lowest BCUT2D eigenvalue weighted by molar-refractivity contribution is 0.261. The molecule has 3 aromatic carbocycles. The first-order chi connectivity index (χ1) is 13.9. The van der Waals surface area contributed by atoms with E-state index in [4.69, 9.17) is 16.3 Å². The molecule has 0 unspecified atom stereocenters. The van der Waals surface area contributed by atoms with Gasteiger partial charge in [-0.25, -0.2) is 0 Å². The summed E-state index contributed by atoms with van der Waals surface area (Å²) in [5.74, 6) is 1.10. The van der Waals surface area contributed by atoms with E-state index in [2.05, 4.69) is 24.0 Å². The van der Waals surface area contributed by atoms with Crippen molar-refractivity contribution in [3.05, 3.63) is 94.5 Å². The highest BCUT2D eigenvalue weighted by Crippen LogP contribution is 2.34. The van der Waals surface area contributed by atoms with Gasteiger partial charge < -0.3 is 14.7 Å². The van der Waals surface area contributed by atoms with Crippen LogP contribution < -0.4 is 4.74 Å². The van der Waals surface area contributed by atoms with Crippen LogP contribution >= 0.6 is 11.6 Å². The van der Waals surface area contributed by atoms with E-state index in [0.29, 0.717) is 11.6 Å². The number of rotatable bonds is 7. The molecule has 3 nitrogen and oxygen atoms in total. The van der Waals surface area contributed by atoms with Crippen LogP contribution in [0.15, 0.2) is 72.8 Å². The molecule has 0 saturated carbocycles. The number of ether oxygens (including phenoxy) is 1. The van der Waals surface area contributed by atoms with Gasteiger partial charge >= 0.3 is 0 Å². The molecule has 4 heteroatoms. The van der Waals surface area contributed by atoms with Gasteiger partial charge in [-0.3, -0.25) is 0 Å². The third kappa shape index (κ3) is 5.63. The van der Waals surface area contributed by atoms with E-state index < -0.39 is 0 Å². The highest BCUT2D eigenvalue weighted by Gasteiger charge is 2.11. The predicted molar refractivity (Wildman–Crippen MR) is 122 cm³/mol. The Balaban J connectivity index is 1.98. The molecule has 0 fully saturated rings. The topological polar surface area (TPSA) is 32.7 Å². The smallest absolute Gasteiger partial charge is 0.119 e. The second-order valence-corrected chi connectivity index (χ2v) is 7.67. The third-order valence-corrected chi connectivity index (χ3v) is 5.01. The van der Waals surface area contributed by atoms with E-state index in [1.54, 1.807) is 12.1 Å². The molecule has 0 bridgehead atoms. The minimum atomic E-state index is 0.252. The first kappa shape index (κ1) is 21.0. The Morgan fingerprint density at radius 3 is 1.90 bits per heavy atom. The molecule has 1 N–H and O–H groups in total. The van der Waals surface area contributed by atoms with E-state index in [0.717, 1.165) is 40.1 Å². The highest BCUT2D eigenvalue weighted by molar-refractivity contribution is 6.30. The minimum absolute atomic E-state index is 0.252. The van der Waals surface area contributed by atoms with Crippen molar-refractivity contribution in [2.75, 3.05) is 27.2 Å². The van der Waals surface area contributed by atoms with Crippen molar-refractivity contribution in [2.45, 2.75) is 6.92 Å². The summed E-state index contributed by atoms with van der Waals surface area (Å²) in [7, 11) is 4.06. The zero-order chi connectivity index (χ0) is 20.8. The lowest BCUT2D eigenvalue weighted by Crippen LogP contribution is -2.19. The molecule has 0 atom stereocenters. The molecule has 0 heterocycles. The van der Waals surface area contributed by atoms with E-state index in [-0.39, 0.29) is 5.75 Å². The fourth-order valence-corrected chi connectivity index (χ4v) is 3.26. The molecule has 0 aliphatic rings. The Morgan fingerprint density at radius 2 is 1.34 bits per heavy atom. The van der Waals surface area contributed by atoms with Crippen molar-refractivity contribution < 1.29 is 9.84 Å². The average Bonchev–Trinajstić information content (AvgIpc) is 2.71. The van der Waals surface area contributed by atoms with E-state index in [1.807, 2.05) is 62.6 Å². The maximum absolute atomic E-state index is 9.70. The van der Waals surface area contributed by atoms with E-state index in [9.17, 15) is 5.11 Å². The summed E-state index contributed by atoms with van der Waals surface area (Å²) in [4.78, 5) is 2.09. The quantitative estimate of drug-likeness (QED) is 0.490. The second-order valence-electron chi connectivity index (χ2n) is 7.23. The number of benzene rings is 3. The zero-order valence-corrected chi connectivity index (χ0v) is 17.8. The van der Waals surface area contributed by atoms with Crippen molar-refractivity contribution in [2.24, 2.45) is 0 Å². The molecule has 3 aromatic rings. The molecular weight excluding hydrogens is 382 g/mol. The Morgan fingerprint density at radius 1 is 0.828 bits per heavy atom. The SMILES string of the molecule is C/C(=C(/c1ccc(O)cc1)c1ccc(OCCN(C)C)cc1)c1ccc(Cl)cc1. The molecule has 29 heavy (non-hydrogen) atoms. The van der Waals surface area contributed by atoms with Crippen LogP contribution in [0.2, 0.25) is 5.02 Å². The Labute approximate surface area is 177 Å².